The van der Waals surface area contributed by atoms with Crippen molar-refractivity contribution in [3.8, 4) is 11.1 Å². The Morgan fingerprint density at radius 3 is 2.19 bits per heavy atom. The van der Waals surface area contributed by atoms with E-state index < -0.39 is 23.4 Å². The lowest BCUT2D eigenvalue weighted by Gasteiger charge is -2.40. The van der Waals surface area contributed by atoms with Crippen molar-refractivity contribution in [2.45, 2.75) is 77.8 Å². The molecule has 3 heterocycles. The largest absolute Gasteiger partial charge is 0.416 e. The molecule has 272 valence electrons. The van der Waals surface area contributed by atoms with Gasteiger partial charge in [-0.3, -0.25) is 9.59 Å². The van der Waals surface area contributed by atoms with E-state index in [1.807, 2.05) is 29.2 Å². The third-order valence-electron chi connectivity index (χ3n) is 10.00. The molecule has 0 N–H and O–H groups in total. The average molecular weight is 717 g/mol. The van der Waals surface area contributed by atoms with Crippen LogP contribution in [-0.4, -0.2) is 50.4 Å². The van der Waals surface area contributed by atoms with Crippen LogP contribution >= 0.6 is 0 Å². The molecule has 52 heavy (non-hydrogen) atoms. The lowest BCUT2D eigenvalue weighted by molar-refractivity contribution is -0.137. The van der Waals surface area contributed by atoms with Crippen molar-refractivity contribution in [2.75, 3.05) is 13.1 Å². The Morgan fingerprint density at radius 1 is 0.904 bits per heavy atom. The summed E-state index contributed by atoms with van der Waals surface area (Å²) in [4.78, 5) is 36.7. The summed E-state index contributed by atoms with van der Waals surface area (Å²) in [5, 5.41) is 0.356. The third kappa shape index (κ3) is 8.25. The second-order valence-electron chi connectivity index (χ2n) is 13.8. The second kappa shape index (κ2) is 15.4. The highest BCUT2D eigenvalue weighted by Gasteiger charge is 2.31. The highest BCUT2D eigenvalue weighted by Crippen LogP contribution is 2.31. The molecule has 0 aliphatic carbocycles. The predicted molar refractivity (Wildman–Crippen MR) is 192 cm³/mol. The van der Waals surface area contributed by atoms with Gasteiger partial charge in [0, 0.05) is 49.2 Å². The first-order valence-corrected chi connectivity index (χ1v) is 17.5. The number of carbonyl (C=O) groups excluding carboxylic acids is 1. The van der Waals surface area contributed by atoms with Crippen molar-refractivity contribution in [1.29, 1.82) is 0 Å². The topological polar surface area (TPSA) is 58.4 Å². The highest BCUT2D eigenvalue weighted by molar-refractivity contribution is 5.81. The van der Waals surface area contributed by atoms with Crippen molar-refractivity contribution in [3.05, 3.63) is 135 Å². The molecule has 3 aromatic carbocycles. The molecule has 0 spiro atoms. The maximum atomic E-state index is 14.6. The summed E-state index contributed by atoms with van der Waals surface area (Å²) < 4.78 is 69.7. The van der Waals surface area contributed by atoms with E-state index in [1.165, 1.54) is 30.3 Å². The van der Waals surface area contributed by atoms with Gasteiger partial charge in [0.25, 0.3) is 0 Å². The second-order valence-corrected chi connectivity index (χ2v) is 13.8. The van der Waals surface area contributed by atoms with Crippen LogP contribution in [0, 0.1) is 18.6 Å². The molecular weight excluding hydrogens is 675 g/mol. The van der Waals surface area contributed by atoms with Crippen molar-refractivity contribution < 1.29 is 26.7 Å². The molecule has 0 atom stereocenters. The summed E-state index contributed by atoms with van der Waals surface area (Å²) in [5.74, 6) is -2.07. The molecule has 1 saturated heterocycles. The molecule has 11 heteroatoms. The van der Waals surface area contributed by atoms with E-state index in [0.717, 1.165) is 55.3 Å². The standard InChI is InChI=1S/C41H41F5N4O2/c1-26(2)48-21-19-33(20-22-48)49(24-28-8-10-29(11-9-28)30-12-15-32(16-13-30)41(44,45)46)38(52)25-50-34(17-14-31-5-4-6-36(42)39(31)43)23-37(51)35-18-7-27(3)47-40(35)50/h4-13,15-16,18,23,26,33H,14,17,19-22,24-25H2,1-3H3. The summed E-state index contributed by atoms with van der Waals surface area (Å²) in [5.41, 5.74) is 2.94. The van der Waals surface area contributed by atoms with E-state index in [4.69, 9.17) is 0 Å². The van der Waals surface area contributed by atoms with Crippen molar-refractivity contribution >= 4 is 16.9 Å². The number of nitrogens with zero attached hydrogens (tertiary/aromatic N) is 4. The van der Waals surface area contributed by atoms with Crippen LogP contribution in [0.2, 0.25) is 0 Å². The number of carbonyl (C=O) groups is 1. The molecule has 1 aliphatic heterocycles. The molecule has 5 aromatic rings. The quantitative estimate of drug-likeness (QED) is 0.136. The van der Waals surface area contributed by atoms with E-state index in [-0.39, 0.29) is 42.3 Å². The van der Waals surface area contributed by atoms with Gasteiger partial charge in [-0.05, 0) is 99.0 Å². The number of likely N-dealkylation sites (tertiary alicyclic amines) is 1. The van der Waals surface area contributed by atoms with E-state index in [2.05, 4.69) is 23.7 Å². The first-order chi connectivity index (χ1) is 24.8. The van der Waals surface area contributed by atoms with Crippen LogP contribution in [0.4, 0.5) is 22.0 Å². The third-order valence-corrected chi connectivity index (χ3v) is 10.00. The molecule has 2 aromatic heterocycles. The Bertz CT molecular complexity index is 2100. The van der Waals surface area contributed by atoms with E-state index in [9.17, 15) is 31.5 Å². The van der Waals surface area contributed by atoms with Crippen LogP contribution in [0.15, 0.2) is 89.7 Å². The van der Waals surface area contributed by atoms with Gasteiger partial charge in [-0.1, -0.05) is 48.5 Å². The van der Waals surface area contributed by atoms with Gasteiger partial charge in [0.05, 0.1) is 10.9 Å². The first-order valence-electron chi connectivity index (χ1n) is 17.5. The minimum absolute atomic E-state index is 0.0673. The molecule has 1 amide bonds. The van der Waals surface area contributed by atoms with Gasteiger partial charge in [-0.2, -0.15) is 13.2 Å². The summed E-state index contributed by atoms with van der Waals surface area (Å²) in [6.45, 7) is 7.92. The molecule has 6 nitrogen and oxygen atoms in total. The first kappa shape index (κ1) is 36.9. The van der Waals surface area contributed by atoms with Crippen molar-refractivity contribution in [1.82, 2.24) is 19.4 Å². The number of rotatable bonds is 10. The molecule has 1 fully saturated rings. The van der Waals surface area contributed by atoms with Gasteiger partial charge in [0.15, 0.2) is 17.1 Å². The molecule has 0 radical (unpaired) electrons. The number of halogens is 5. The van der Waals surface area contributed by atoms with Crippen LogP contribution in [-0.2, 0) is 36.9 Å². The Hall–Kier alpha value is -4.90. The zero-order valence-corrected chi connectivity index (χ0v) is 29.4. The average Bonchev–Trinajstić information content (AvgIpc) is 3.12. The van der Waals surface area contributed by atoms with Gasteiger partial charge < -0.3 is 14.4 Å². The monoisotopic (exact) mass is 716 g/mol. The van der Waals surface area contributed by atoms with Crippen LogP contribution < -0.4 is 5.43 Å². The van der Waals surface area contributed by atoms with Crippen LogP contribution in [0.3, 0.4) is 0 Å². The molecule has 6 rings (SSSR count). The number of aryl methyl sites for hydroxylation is 3. The Labute approximate surface area is 299 Å². The van der Waals surface area contributed by atoms with Crippen LogP contribution in [0.25, 0.3) is 22.2 Å². The molecule has 0 saturated carbocycles. The minimum atomic E-state index is -4.42. The Morgan fingerprint density at radius 2 is 1.56 bits per heavy atom. The zero-order chi connectivity index (χ0) is 37.2. The van der Waals surface area contributed by atoms with E-state index in [1.54, 1.807) is 23.6 Å². The number of pyridine rings is 2. The minimum Gasteiger partial charge on any atom is -0.334 e. The summed E-state index contributed by atoms with van der Waals surface area (Å²) >= 11 is 0. The van der Waals surface area contributed by atoms with Gasteiger partial charge >= 0.3 is 6.18 Å². The number of hydrogen-bond acceptors (Lipinski definition) is 4. The SMILES string of the molecule is Cc1ccc2c(=O)cc(CCc3cccc(F)c3F)n(CC(=O)N(Cc3ccc(-c4ccc(C(F)(F)F)cc4)cc3)C3CCN(C(C)C)CC3)c2n1. The van der Waals surface area contributed by atoms with Crippen molar-refractivity contribution in [3.63, 3.8) is 0 Å². The predicted octanol–water partition coefficient (Wildman–Crippen LogP) is 8.36. The van der Waals surface area contributed by atoms with Crippen LogP contribution in [0.5, 0.6) is 0 Å². The number of piperidine rings is 1. The van der Waals surface area contributed by atoms with Gasteiger partial charge in [0.1, 0.15) is 12.2 Å². The zero-order valence-electron chi connectivity index (χ0n) is 29.4. The maximum absolute atomic E-state index is 14.6. The number of aromatic nitrogens is 2. The van der Waals surface area contributed by atoms with Gasteiger partial charge in [-0.15, -0.1) is 0 Å². The molecule has 0 unspecified atom stereocenters. The van der Waals surface area contributed by atoms with Crippen molar-refractivity contribution in [2.24, 2.45) is 0 Å². The van der Waals surface area contributed by atoms with E-state index >= 15 is 0 Å². The number of amides is 1. The fourth-order valence-corrected chi connectivity index (χ4v) is 6.98. The summed E-state index contributed by atoms with van der Waals surface area (Å²) in [7, 11) is 0. The van der Waals surface area contributed by atoms with Crippen LogP contribution in [0.1, 0.15) is 54.8 Å². The fourth-order valence-electron chi connectivity index (χ4n) is 6.98. The molecule has 1 aliphatic rings. The lowest BCUT2D eigenvalue weighted by atomic mass is 9.99. The fraction of sp³-hybridized carbons (Fsp3) is 0.341. The molecule has 0 bridgehead atoms. The maximum Gasteiger partial charge on any atom is 0.416 e. The number of alkyl halides is 3. The normalized spacial score (nSPS) is 14.3. The Kier molecular flexibility index (Phi) is 10.9. The molecular formula is C41H41F5N4O2. The van der Waals surface area contributed by atoms with Gasteiger partial charge in [-0.25, -0.2) is 13.8 Å². The smallest absolute Gasteiger partial charge is 0.334 e. The number of fused-ring (bicyclic) bond motifs is 1. The number of benzene rings is 3. The van der Waals surface area contributed by atoms with Gasteiger partial charge in [0.2, 0.25) is 5.91 Å². The number of hydrogen-bond donors (Lipinski definition) is 0. The van der Waals surface area contributed by atoms with E-state index in [0.29, 0.717) is 40.6 Å². The summed E-state index contributed by atoms with van der Waals surface area (Å²) in [6.07, 6.45) is -2.60. The Balaban J connectivity index is 1.31. The summed E-state index contributed by atoms with van der Waals surface area (Å²) in [6, 6.07) is 21.6. The lowest BCUT2D eigenvalue weighted by Crippen LogP contribution is -2.49. The highest BCUT2D eigenvalue weighted by atomic mass is 19.4.